The van der Waals surface area contributed by atoms with E-state index < -0.39 is 0 Å². The summed E-state index contributed by atoms with van der Waals surface area (Å²) in [4.78, 5) is 13.2. The fourth-order valence-corrected chi connectivity index (χ4v) is 1.63. The highest BCUT2D eigenvalue weighted by molar-refractivity contribution is 5.75. The molecule has 17 heavy (non-hydrogen) atoms. The summed E-state index contributed by atoms with van der Waals surface area (Å²) in [6, 6.07) is 0.326. The van der Waals surface area contributed by atoms with Gasteiger partial charge in [0.05, 0.1) is 6.20 Å². The van der Waals surface area contributed by atoms with Gasteiger partial charge in [0.1, 0.15) is 0 Å². The number of aryl methyl sites for hydroxylation is 1. The van der Waals surface area contributed by atoms with Crippen molar-refractivity contribution < 1.29 is 4.79 Å². The lowest BCUT2D eigenvalue weighted by Gasteiger charge is -2.23. The lowest BCUT2D eigenvalue weighted by Crippen LogP contribution is -2.33. The molecule has 96 valence electrons. The van der Waals surface area contributed by atoms with E-state index in [2.05, 4.69) is 22.3 Å². The average Bonchev–Trinajstić information content (AvgIpc) is 2.70. The molecule has 0 aromatic carbocycles. The fraction of sp³-hybridized carbons (Fsp3) is 0.636. The first-order valence-corrected chi connectivity index (χ1v) is 5.70. The maximum absolute atomic E-state index is 11.0. The smallest absolute Gasteiger partial charge is 0.233 e. The Balaban J connectivity index is 2.36. The van der Waals surface area contributed by atoms with Gasteiger partial charge < -0.3 is 0 Å². The summed E-state index contributed by atoms with van der Waals surface area (Å²) in [6.07, 6.45) is 5.10. The van der Waals surface area contributed by atoms with Gasteiger partial charge in [-0.3, -0.25) is 19.8 Å². The van der Waals surface area contributed by atoms with Crippen molar-refractivity contribution in [1.82, 2.24) is 20.1 Å². The highest BCUT2D eigenvalue weighted by Crippen LogP contribution is 2.09. The Labute approximate surface area is 102 Å². The molecule has 1 aromatic rings. The molecule has 6 nitrogen and oxygen atoms in total. The molecule has 0 fully saturated rings. The standard InChI is InChI=1S/C11H21N5O/c1-9(4-5-11(17)14-12)15(2)7-10-6-13-16(3)8-10/h6,8-9H,4-5,7,12H2,1-3H3,(H,14,17). The predicted molar refractivity (Wildman–Crippen MR) is 65.7 cm³/mol. The highest BCUT2D eigenvalue weighted by atomic mass is 16.2. The lowest BCUT2D eigenvalue weighted by atomic mass is 10.1. The van der Waals surface area contributed by atoms with E-state index in [0.717, 1.165) is 13.0 Å². The predicted octanol–water partition coefficient (Wildman–Crippen LogP) is 0.0105. The van der Waals surface area contributed by atoms with E-state index in [1.807, 2.05) is 26.5 Å². The molecule has 0 spiro atoms. The van der Waals surface area contributed by atoms with E-state index in [-0.39, 0.29) is 5.91 Å². The lowest BCUT2D eigenvalue weighted by molar-refractivity contribution is -0.121. The highest BCUT2D eigenvalue weighted by Gasteiger charge is 2.12. The Morgan fingerprint density at radius 2 is 2.41 bits per heavy atom. The molecule has 3 N–H and O–H groups in total. The Morgan fingerprint density at radius 1 is 1.71 bits per heavy atom. The van der Waals surface area contributed by atoms with Crippen molar-refractivity contribution in [2.24, 2.45) is 12.9 Å². The second-order valence-corrected chi connectivity index (χ2v) is 4.39. The van der Waals surface area contributed by atoms with Gasteiger partial charge in [0.25, 0.3) is 0 Å². The van der Waals surface area contributed by atoms with E-state index in [4.69, 9.17) is 5.84 Å². The average molecular weight is 239 g/mol. The van der Waals surface area contributed by atoms with Crippen LogP contribution in [0.15, 0.2) is 12.4 Å². The molecule has 1 unspecified atom stereocenters. The van der Waals surface area contributed by atoms with Crippen LogP contribution in [0.5, 0.6) is 0 Å². The van der Waals surface area contributed by atoms with Crippen LogP contribution in [0.4, 0.5) is 0 Å². The molecule has 1 rings (SSSR count). The maximum Gasteiger partial charge on any atom is 0.233 e. The molecule has 0 aliphatic rings. The zero-order valence-corrected chi connectivity index (χ0v) is 10.7. The minimum absolute atomic E-state index is 0.119. The van der Waals surface area contributed by atoms with Crippen molar-refractivity contribution in [2.75, 3.05) is 7.05 Å². The van der Waals surface area contributed by atoms with E-state index in [9.17, 15) is 4.79 Å². The topological polar surface area (TPSA) is 76.2 Å². The summed E-state index contributed by atoms with van der Waals surface area (Å²) < 4.78 is 1.79. The first kappa shape index (κ1) is 13.7. The molecular weight excluding hydrogens is 218 g/mol. The largest absolute Gasteiger partial charge is 0.299 e. The Bertz CT molecular complexity index is 362. The van der Waals surface area contributed by atoms with Crippen LogP contribution in [-0.4, -0.2) is 33.7 Å². The van der Waals surface area contributed by atoms with Gasteiger partial charge in [0.2, 0.25) is 5.91 Å². The fourth-order valence-electron chi connectivity index (χ4n) is 1.63. The number of nitrogens with one attached hydrogen (secondary N) is 1. The zero-order chi connectivity index (χ0) is 12.8. The molecule has 0 saturated carbocycles. The minimum atomic E-state index is -0.119. The van der Waals surface area contributed by atoms with Crippen LogP contribution in [0.2, 0.25) is 0 Å². The van der Waals surface area contributed by atoms with Gasteiger partial charge in [0, 0.05) is 37.8 Å². The van der Waals surface area contributed by atoms with E-state index in [1.54, 1.807) is 4.68 Å². The Morgan fingerprint density at radius 3 is 2.94 bits per heavy atom. The van der Waals surface area contributed by atoms with Gasteiger partial charge in [-0.25, -0.2) is 5.84 Å². The third-order valence-electron chi connectivity index (χ3n) is 2.89. The van der Waals surface area contributed by atoms with Crippen LogP contribution in [0, 0.1) is 0 Å². The number of carbonyl (C=O) groups excluding carboxylic acids is 1. The van der Waals surface area contributed by atoms with Crippen LogP contribution < -0.4 is 11.3 Å². The SMILES string of the molecule is CC(CCC(=O)NN)N(C)Cc1cnn(C)c1. The van der Waals surface area contributed by atoms with Crippen LogP contribution >= 0.6 is 0 Å². The van der Waals surface area contributed by atoms with E-state index in [0.29, 0.717) is 12.5 Å². The molecule has 0 aliphatic carbocycles. The van der Waals surface area contributed by atoms with Crippen LogP contribution in [0.1, 0.15) is 25.3 Å². The third-order valence-corrected chi connectivity index (χ3v) is 2.89. The van der Waals surface area contributed by atoms with Crippen molar-refractivity contribution in [3.8, 4) is 0 Å². The van der Waals surface area contributed by atoms with Crippen molar-refractivity contribution in [1.29, 1.82) is 0 Å². The monoisotopic (exact) mass is 239 g/mol. The van der Waals surface area contributed by atoms with Gasteiger partial charge in [-0.2, -0.15) is 5.10 Å². The summed E-state index contributed by atoms with van der Waals surface area (Å²) >= 11 is 0. The number of hydrazine groups is 1. The van der Waals surface area contributed by atoms with Crippen molar-refractivity contribution in [3.63, 3.8) is 0 Å². The molecule has 1 aromatic heterocycles. The third kappa shape index (κ3) is 4.54. The number of nitrogens with zero attached hydrogens (tertiary/aromatic N) is 3. The number of amides is 1. The summed E-state index contributed by atoms with van der Waals surface area (Å²) in [6.45, 7) is 2.93. The Hall–Kier alpha value is -1.40. The molecule has 0 aliphatic heterocycles. The molecule has 6 heteroatoms. The first-order valence-electron chi connectivity index (χ1n) is 5.70. The van der Waals surface area contributed by atoms with Gasteiger partial charge in [-0.05, 0) is 20.4 Å². The zero-order valence-electron chi connectivity index (χ0n) is 10.7. The van der Waals surface area contributed by atoms with Crippen LogP contribution in [0.25, 0.3) is 0 Å². The van der Waals surface area contributed by atoms with Gasteiger partial charge in [-0.15, -0.1) is 0 Å². The second-order valence-electron chi connectivity index (χ2n) is 4.39. The summed E-state index contributed by atoms with van der Waals surface area (Å²) in [5, 5.41) is 4.13. The molecular formula is C11H21N5O. The van der Waals surface area contributed by atoms with Crippen LogP contribution in [0.3, 0.4) is 0 Å². The Kier molecular flexibility index (Phi) is 5.11. The first-order chi connectivity index (χ1) is 8.02. The maximum atomic E-state index is 11.0. The molecule has 0 saturated heterocycles. The number of hydrogen-bond donors (Lipinski definition) is 2. The normalized spacial score (nSPS) is 12.8. The summed E-state index contributed by atoms with van der Waals surface area (Å²) in [7, 11) is 3.94. The van der Waals surface area contributed by atoms with Gasteiger partial charge in [0.15, 0.2) is 0 Å². The number of rotatable bonds is 6. The quantitative estimate of drug-likeness (QED) is 0.416. The van der Waals surface area contributed by atoms with E-state index >= 15 is 0 Å². The van der Waals surface area contributed by atoms with Crippen molar-refractivity contribution >= 4 is 5.91 Å². The minimum Gasteiger partial charge on any atom is -0.299 e. The number of nitrogens with two attached hydrogens (primary N) is 1. The second kappa shape index (κ2) is 6.36. The van der Waals surface area contributed by atoms with Gasteiger partial charge >= 0.3 is 0 Å². The van der Waals surface area contributed by atoms with Crippen molar-refractivity contribution in [3.05, 3.63) is 18.0 Å². The van der Waals surface area contributed by atoms with Crippen molar-refractivity contribution in [2.45, 2.75) is 32.4 Å². The summed E-state index contributed by atoms with van der Waals surface area (Å²) in [5.74, 6) is 4.92. The molecule has 1 atom stereocenters. The number of aromatic nitrogens is 2. The molecule has 1 heterocycles. The molecule has 0 bridgehead atoms. The van der Waals surface area contributed by atoms with Crippen LogP contribution in [-0.2, 0) is 18.4 Å². The van der Waals surface area contributed by atoms with E-state index in [1.165, 1.54) is 5.56 Å². The van der Waals surface area contributed by atoms with Gasteiger partial charge in [-0.1, -0.05) is 0 Å². The summed E-state index contributed by atoms with van der Waals surface area (Å²) in [5.41, 5.74) is 3.31. The number of carbonyl (C=O) groups is 1. The number of hydrogen-bond acceptors (Lipinski definition) is 4. The molecule has 0 radical (unpaired) electrons. The molecule has 1 amide bonds.